The summed E-state index contributed by atoms with van der Waals surface area (Å²) >= 11 is 0. The van der Waals surface area contributed by atoms with Crippen LogP contribution in [0.3, 0.4) is 0 Å². The van der Waals surface area contributed by atoms with Crippen molar-refractivity contribution in [1.29, 1.82) is 0 Å². The minimum Gasteiger partial charge on any atom is -0.466 e. The topological polar surface area (TPSA) is 76.7 Å². The molecule has 0 fully saturated rings. The lowest BCUT2D eigenvalue weighted by atomic mass is 10.2. The third-order valence-electron chi connectivity index (χ3n) is 2.61. The molecule has 0 radical (unpaired) electrons. The minimum absolute atomic E-state index is 0.0108. The van der Waals surface area contributed by atoms with Gasteiger partial charge < -0.3 is 20.1 Å². The Labute approximate surface area is 124 Å². The average molecular weight is 294 g/mol. The molecule has 6 nitrogen and oxygen atoms in total. The first-order valence-electron chi connectivity index (χ1n) is 6.86. The molecule has 0 aliphatic rings. The van der Waals surface area contributed by atoms with Crippen molar-refractivity contribution in [2.24, 2.45) is 0 Å². The van der Waals surface area contributed by atoms with Gasteiger partial charge in [0.15, 0.2) is 0 Å². The Morgan fingerprint density at radius 3 is 2.67 bits per heavy atom. The van der Waals surface area contributed by atoms with Crippen LogP contribution in [0.5, 0.6) is 0 Å². The second-order valence-electron chi connectivity index (χ2n) is 4.62. The highest BCUT2D eigenvalue weighted by molar-refractivity contribution is 5.92. The zero-order valence-electron chi connectivity index (χ0n) is 12.6. The number of carbonyl (C=O) groups is 2. The van der Waals surface area contributed by atoms with Gasteiger partial charge in [-0.25, -0.2) is 0 Å². The Morgan fingerprint density at radius 1 is 1.29 bits per heavy atom. The monoisotopic (exact) mass is 294 g/mol. The van der Waals surface area contributed by atoms with Crippen LogP contribution in [0.1, 0.15) is 20.3 Å². The van der Waals surface area contributed by atoms with E-state index in [2.05, 4.69) is 10.6 Å². The number of hydrogen-bond donors (Lipinski definition) is 2. The highest BCUT2D eigenvalue weighted by Crippen LogP contribution is 2.16. The zero-order chi connectivity index (χ0) is 15.7. The van der Waals surface area contributed by atoms with Gasteiger partial charge in [-0.1, -0.05) is 6.07 Å². The average Bonchev–Trinajstić information content (AvgIpc) is 2.39. The molecule has 2 N–H and O–H groups in total. The van der Waals surface area contributed by atoms with Gasteiger partial charge in [0, 0.05) is 24.5 Å². The third-order valence-corrected chi connectivity index (χ3v) is 2.61. The number of rotatable bonds is 8. The molecule has 1 rings (SSSR count). The van der Waals surface area contributed by atoms with E-state index in [1.54, 1.807) is 19.1 Å². The Hall–Kier alpha value is -2.08. The van der Waals surface area contributed by atoms with Gasteiger partial charge in [0.05, 0.1) is 13.0 Å². The largest absolute Gasteiger partial charge is 0.466 e. The number of carbonyl (C=O) groups excluding carboxylic acids is 2. The quantitative estimate of drug-likeness (QED) is 0.717. The lowest BCUT2D eigenvalue weighted by Crippen LogP contribution is -2.21. The van der Waals surface area contributed by atoms with Crippen LogP contribution < -0.4 is 10.6 Å². The van der Waals surface area contributed by atoms with E-state index in [0.29, 0.717) is 12.3 Å². The number of esters is 1. The maximum absolute atomic E-state index is 11.4. The maximum Gasteiger partial charge on any atom is 0.307 e. The molecule has 1 unspecified atom stereocenters. The van der Waals surface area contributed by atoms with Crippen molar-refractivity contribution in [2.45, 2.75) is 26.3 Å². The van der Waals surface area contributed by atoms with Crippen molar-refractivity contribution in [1.82, 2.24) is 0 Å². The molecule has 0 heterocycles. The molecule has 1 aromatic carbocycles. The maximum atomic E-state index is 11.4. The fourth-order valence-corrected chi connectivity index (χ4v) is 1.82. The second kappa shape index (κ2) is 8.97. The van der Waals surface area contributed by atoms with Crippen LogP contribution in [0.15, 0.2) is 24.3 Å². The van der Waals surface area contributed by atoms with Gasteiger partial charge in [-0.2, -0.15) is 0 Å². The lowest BCUT2D eigenvalue weighted by molar-refractivity contribution is -0.143. The van der Waals surface area contributed by atoms with Gasteiger partial charge >= 0.3 is 5.97 Å². The molecule has 0 aliphatic carbocycles. The summed E-state index contributed by atoms with van der Waals surface area (Å²) in [5.41, 5.74) is 1.49. The fourth-order valence-electron chi connectivity index (χ4n) is 1.82. The van der Waals surface area contributed by atoms with E-state index in [0.717, 1.165) is 5.69 Å². The van der Waals surface area contributed by atoms with Crippen molar-refractivity contribution in [3.63, 3.8) is 0 Å². The highest BCUT2D eigenvalue weighted by Gasteiger charge is 2.10. The summed E-state index contributed by atoms with van der Waals surface area (Å²) < 4.78 is 9.66. The molecule has 116 valence electrons. The molecular formula is C15H22N2O4. The summed E-state index contributed by atoms with van der Waals surface area (Å²) in [5.74, 6) is -0.448. The standard InChI is InChI=1S/C15H22N2O4/c1-4-21-15(19)8-11(2)16-12-6-5-7-13(9-12)17-14(18)10-20-3/h5-7,9,11,16H,4,8,10H2,1-3H3,(H,17,18). The summed E-state index contributed by atoms with van der Waals surface area (Å²) in [6.07, 6.45) is 0.286. The van der Waals surface area contributed by atoms with Gasteiger partial charge in [0.25, 0.3) is 0 Å². The molecule has 0 bridgehead atoms. The zero-order valence-corrected chi connectivity index (χ0v) is 12.6. The van der Waals surface area contributed by atoms with Gasteiger partial charge in [0.2, 0.25) is 5.91 Å². The summed E-state index contributed by atoms with van der Waals surface area (Å²) in [5, 5.41) is 5.92. The van der Waals surface area contributed by atoms with E-state index in [9.17, 15) is 9.59 Å². The Bertz CT molecular complexity index is 476. The number of anilines is 2. The number of nitrogens with one attached hydrogen (secondary N) is 2. The molecule has 0 aliphatic heterocycles. The van der Waals surface area contributed by atoms with Crippen molar-refractivity contribution in [3.8, 4) is 0 Å². The van der Waals surface area contributed by atoms with E-state index >= 15 is 0 Å². The molecule has 0 spiro atoms. The fraction of sp³-hybridized carbons (Fsp3) is 0.467. The van der Waals surface area contributed by atoms with Crippen LogP contribution in [0.25, 0.3) is 0 Å². The van der Waals surface area contributed by atoms with Crippen molar-refractivity contribution < 1.29 is 19.1 Å². The molecule has 0 saturated heterocycles. The van der Waals surface area contributed by atoms with E-state index in [1.807, 2.05) is 19.1 Å². The van der Waals surface area contributed by atoms with Gasteiger partial charge in [-0.3, -0.25) is 9.59 Å². The molecule has 1 atom stereocenters. The molecule has 1 amide bonds. The predicted octanol–water partition coefficient (Wildman–Crippen LogP) is 2.03. The SMILES string of the molecule is CCOC(=O)CC(C)Nc1cccc(NC(=O)COC)c1. The van der Waals surface area contributed by atoms with E-state index in [4.69, 9.17) is 9.47 Å². The number of benzene rings is 1. The van der Waals surface area contributed by atoms with Crippen LogP contribution in [0.2, 0.25) is 0 Å². The molecular weight excluding hydrogens is 272 g/mol. The molecule has 0 aromatic heterocycles. The number of methoxy groups -OCH3 is 1. The van der Waals surface area contributed by atoms with Crippen LogP contribution in [0, 0.1) is 0 Å². The molecule has 21 heavy (non-hydrogen) atoms. The summed E-state index contributed by atoms with van der Waals surface area (Å²) in [6, 6.07) is 7.22. The van der Waals surface area contributed by atoms with E-state index < -0.39 is 0 Å². The molecule has 6 heteroatoms. The summed E-state index contributed by atoms with van der Waals surface area (Å²) in [4.78, 5) is 22.8. The minimum atomic E-state index is -0.234. The van der Waals surface area contributed by atoms with Crippen LogP contribution in [-0.4, -0.2) is 38.2 Å². The number of amides is 1. The first-order chi connectivity index (χ1) is 10.0. The van der Waals surface area contributed by atoms with Gasteiger partial charge in [-0.05, 0) is 32.0 Å². The Balaban J connectivity index is 2.55. The van der Waals surface area contributed by atoms with Crippen LogP contribution in [0.4, 0.5) is 11.4 Å². The Morgan fingerprint density at radius 2 is 2.00 bits per heavy atom. The smallest absolute Gasteiger partial charge is 0.307 e. The highest BCUT2D eigenvalue weighted by atomic mass is 16.5. The van der Waals surface area contributed by atoms with Crippen LogP contribution in [-0.2, 0) is 19.1 Å². The van der Waals surface area contributed by atoms with Crippen molar-refractivity contribution in [3.05, 3.63) is 24.3 Å². The molecule has 1 aromatic rings. The molecule has 0 saturated carbocycles. The van der Waals surface area contributed by atoms with Gasteiger partial charge in [0.1, 0.15) is 6.61 Å². The first-order valence-corrected chi connectivity index (χ1v) is 6.86. The lowest BCUT2D eigenvalue weighted by Gasteiger charge is -2.15. The number of hydrogen-bond acceptors (Lipinski definition) is 5. The normalized spacial score (nSPS) is 11.6. The van der Waals surface area contributed by atoms with Crippen LogP contribution >= 0.6 is 0 Å². The number of ether oxygens (including phenoxy) is 2. The summed E-state index contributed by atoms with van der Waals surface area (Å²) in [6.45, 7) is 4.07. The third kappa shape index (κ3) is 6.76. The first kappa shape index (κ1) is 17.0. The van der Waals surface area contributed by atoms with Crippen molar-refractivity contribution >= 4 is 23.3 Å². The van der Waals surface area contributed by atoms with E-state index in [-0.39, 0.29) is 30.9 Å². The summed E-state index contributed by atoms with van der Waals surface area (Å²) in [7, 11) is 1.47. The van der Waals surface area contributed by atoms with Gasteiger partial charge in [-0.15, -0.1) is 0 Å². The Kier molecular flexibility index (Phi) is 7.25. The van der Waals surface area contributed by atoms with E-state index in [1.165, 1.54) is 7.11 Å². The van der Waals surface area contributed by atoms with Crippen molar-refractivity contribution in [2.75, 3.05) is 31.0 Å². The second-order valence-corrected chi connectivity index (χ2v) is 4.62. The predicted molar refractivity (Wildman–Crippen MR) is 81.3 cm³/mol.